The Morgan fingerprint density at radius 3 is 2.70 bits per heavy atom. The van der Waals surface area contributed by atoms with Crippen molar-refractivity contribution >= 4 is 23.3 Å². The maximum absolute atomic E-state index is 12.5. The molecule has 0 bridgehead atoms. The number of carbonyl (C=O) groups is 1. The monoisotopic (exact) mass is 387 g/mol. The van der Waals surface area contributed by atoms with Gasteiger partial charge in [-0.3, -0.25) is 4.90 Å². The standard InChI is InChI=1S/C20H22ClN3O3/c1-14-16(21)3-2-4-17(14)22-20(25)24-9-7-23(8-10-24)12-15-5-6-18-19(11-15)27-13-26-18/h2-6,11H,7-10,12-13H2,1H3,(H,22,25). The minimum atomic E-state index is -0.0805. The first-order chi connectivity index (χ1) is 13.1. The third-order valence-corrected chi connectivity index (χ3v) is 5.42. The Morgan fingerprint density at radius 2 is 1.89 bits per heavy atom. The van der Waals surface area contributed by atoms with Crippen molar-refractivity contribution < 1.29 is 14.3 Å². The molecule has 0 aliphatic carbocycles. The van der Waals surface area contributed by atoms with E-state index in [0.29, 0.717) is 24.9 Å². The summed E-state index contributed by atoms with van der Waals surface area (Å²) in [5, 5.41) is 3.62. The molecule has 2 aromatic rings. The second-order valence-electron chi connectivity index (χ2n) is 6.79. The van der Waals surface area contributed by atoms with Gasteiger partial charge in [-0.2, -0.15) is 0 Å². The fraction of sp³-hybridized carbons (Fsp3) is 0.350. The number of hydrogen-bond acceptors (Lipinski definition) is 4. The molecule has 142 valence electrons. The first kappa shape index (κ1) is 17.9. The molecule has 1 saturated heterocycles. The van der Waals surface area contributed by atoms with E-state index in [-0.39, 0.29) is 6.03 Å². The zero-order valence-electron chi connectivity index (χ0n) is 15.2. The van der Waals surface area contributed by atoms with Crippen LogP contribution in [0.1, 0.15) is 11.1 Å². The molecule has 0 aromatic heterocycles. The lowest BCUT2D eigenvalue weighted by Crippen LogP contribution is -2.49. The highest BCUT2D eigenvalue weighted by atomic mass is 35.5. The minimum Gasteiger partial charge on any atom is -0.454 e. The number of halogens is 1. The number of hydrogen-bond donors (Lipinski definition) is 1. The van der Waals surface area contributed by atoms with Crippen molar-refractivity contribution in [1.82, 2.24) is 9.80 Å². The summed E-state index contributed by atoms with van der Waals surface area (Å²) in [6.07, 6.45) is 0. The van der Waals surface area contributed by atoms with E-state index in [1.807, 2.05) is 42.2 Å². The summed E-state index contributed by atoms with van der Waals surface area (Å²) in [5.41, 5.74) is 2.83. The molecule has 2 aliphatic rings. The van der Waals surface area contributed by atoms with E-state index in [1.54, 1.807) is 0 Å². The number of urea groups is 1. The van der Waals surface area contributed by atoms with Crippen LogP contribution in [0.4, 0.5) is 10.5 Å². The van der Waals surface area contributed by atoms with Crippen LogP contribution in [0, 0.1) is 6.92 Å². The lowest BCUT2D eigenvalue weighted by Gasteiger charge is -2.34. The molecule has 27 heavy (non-hydrogen) atoms. The van der Waals surface area contributed by atoms with E-state index >= 15 is 0 Å². The highest BCUT2D eigenvalue weighted by molar-refractivity contribution is 6.31. The summed E-state index contributed by atoms with van der Waals surface area (Å²) >= 11 is 6.13. The summed E-state index contributed by atoms with van der Waals surface area (Å²) in [7, 11) is 0. The Labute approximate surface area is 163 Å². The van der Waals surface area contributed by atoms with Gasteiger partial charge in [0.25, 0.3) is 0 Å². The number of fused-ring (bicyclic) bond motifs is 1. The van der Waals surface area contributed by atoms with Crippen LogP contribution in [0.15, 0.2) is 36.4 Å². The number of nitrogens with zero attached hydrogens (tertiary/aromatic N) is 2. The van der Waals surface area contributed by atoms with Crippen molar-refractivity contribution in [3.63, 3.8) is 0 Å². The number of amides is 2. The second kappa shape index (κ2) is 7.66. The molecular formula is C20H22ClN3O3. The highest BCUT2D eigenvalue weighted by Gasteiger charge is 2.22. The van der Waals surface area contributed by atoms with E-state index in [2.05, 4.69) is 16.3 Å². The number of rotatable bonds is 3. The molecule has 0 atom stereocenters. The first-order valence-electron chi connectivity index (χ1n) is 9.02. The topological polar surface area (TPSA) is 54.0 Å². The van der Waals surface area contributed by atoms with Crippen LogP contribution in [0.3, 0.4) is 0 Å². The van der Waals surface area contributed by atoms with Gasteiger partial charge in [0.2, 0.25) is 6.79 Å². The van der Waals surface area contributed by atoms with E-state index in [1.165, 1.54) is 5.56 Å². The molecular weight excluding hydrogens is 366 g/mol. The van der Waals surface area contributed by atoms with Crippen molar-refractivity contribution in [2.45, 2.75) is 13.5 Å². The Bertz CT molecular complexity index is 850. The summed E-state index contributed by atoms with van der Waals surface area (Å²) < 4.78 is 10.8. The summed E-state index contributed by atoms with van der Waals surface area (Å²) in [6.45, 7) is 6.07. The second-order valence-corrected chi connectivity index (χ2v) is 7.20. The van der Waals surface area contributed by atoms with Gasteiger partial charge in [0.1, 0.15) is 0 Å². The normalized spacial score (nSPS) is 16.4. The third kappa shape index (κ3) is 3.96. The Kier molecular flexibility index (Phi) is 5.09. The predicted octanol–water partition coefficient (Wildman–Crippen LogP) is 3.73. The average Bonchev–Trinajstić information content (AvgIpc) is 3.14. The number of benzene rings is 2. The van der Waals surface area contributed by atoms with Gasteiger partial charge in [0.15, 0.2) is 11.5 Å². The van der Waals surface area contributed by atoms with E-state index in [9.17, 15) is 4.79 Å². The zero-order chi connectivity index (χ0) is 18.8. The molecule has 7 heteroatoms. The quantitative estimate of drug-likeness (QED) is 0.871. The van der Waals surface area contributed by atoms with Gasteiger partial charge >= 0.3 is 6.03 Å². The third-order valence-electron chi connectivity index (χ3n) is 5.01. The van der Waals surface area contributed by atoms with Crippen molar-refractivity contribution in [3.8, 4) is 11.5 Å². The number of piperazine rings is 1. The Morgan fingerprint density at radius 1 is 1.11 bits per heavy atom. The SMILES string of the molecule is Cc1c(Cl)cccc1NC(=O)N1CCN(Cc2ccc3c(c2)OCO3)CC1. The fourth-order valence-corrected chi connectivity index (χ4v) is 3.52. The minimum absolute atomic E-state index is 0.0805. The van der Waals surface area contributed by atoms with Gasteiger partial charge in [-0.1, -0.05) is 23.7 Å². The van der Waals surface area contributed by atoms with Crippen LogP contribution < -0.4 is 14.8 Å². The number of carbonyl (C=O) groups excluding carboxylic acids is 1. The Hall–Kier alpha value is -2.44. The largest absolute Gasteiger partial charge is 0.454 e. The molecule has 2 heterocycles. The number of anilines is 1. The molecule has 6 nitrogen and oxygen atoms in total. The smallest absolute Gasteiger partial charge is 0.321 e. The molecule has 2 aliphatic heterocycles. The van der Waals surface area contributed by atoms with Crippen molar-refractivity contribution in [3.05, 3.63) is 52.5 Å². The lowest BCUT2D eigenvalue weighted by molar-refractivity contribution is 0.143. The van der Waals surface area contributed by atoms with Crippen LogP contribution in [0.2, 0.25) is 5.02 Å². The molecule has 2 amide bonds. The molecule has 0 unspecified atom stereocenters. The van der Waals surface area contributed by atoms with E-state index in [4.69, 9.17) is 21.1 Å². The highest BCUT2D eigenvalue weighted by Crippen LogP contribution is 2.32. The molecule has 0 saturated carbocycles. The summed E-state index contributed by atoms with van der Waals surface area (Å²) in [6, 6.07) is 11.5. The maximum atomic E-state index is 12.5. The van der Waals surface area contributed by atoms with Gasteiger partial charge in [0.05, 0.1) is 0 Å². The molecule has 4 rings (SSSR count). The lowest BCUT2D eigenvalue weighted by atomic mass is 10.1. The van der Waals surface area contributed by atoms with Crippen molar-refractivity contribution in [2.75, 3.05) is 38.3 Å². The van der Waals surface area contributed by atoms with Gasteiger partial charge in [-0.05, 0) is 42.3 Å². The van der Waals surface area contributed by atoms with Crippen LogP contribution in [-0.4, -0.2) is 48.8 Å². The molecule has 1 N–H and O–H groups in total. The van der Waals surface area contributed by atoms with Gasteiger partial charge in [-0.25, -0.2) is 4.79 Å². The van der Waals surface area contributed by atoms with Crippen LogP contribution in [-0.2, 0) is 6.54 Å². The van der Waals surface area contributed by atoms with Crippen LogP contribution >= 0.6 is 11.6 Å². The zero-order valence-corrected chi connectivity index (χ0v) is 16.0. The first-order valence-corrected chi connectivity index (χ1v) is 9.40. The predicted molar refractivity (Wildman–Crippen MR) is 105 cm³/mol. The van der Waals surface area contributed by atoms with Gasteiger partial charge in [0, 0.05) is 43.4 Å². The molecule has 2 aromatic carbocycles. The van der Waals surface area contributed by atoms with Gasteiger partial charge in [-0.15, -0.1) is 0 Å². The summed E-state index contributed by atoms with van der Waals surface area (Å²) in [4.78, 5) is 16.7. The fourth-order valence-electron chi connectivity index (χ4n) is 3.34. The van der Waals surface area contributed by atoms with Crippen LogP contribution in [0.5, 0.6) is 11.5 Å². The molecule has 1 fully saturated rings. The summed E-state index contributed by atoms with van der Waals surface area (Å²) in [5.74, 6) is 1.61. The average molecular weight is 388 g/mol. The van der Waals surface area contributed by atoms with Crippen molar-refractivity contribution in [1.29, 1.82) is 0 Å². The van der Waals surface area contributed by atoms with E-state index < -0.39 is 0 Å². The Balaban J connectivity index is 1.31. The van der Waals surface area contributed by atoms with E-state index in [0.717, 1.165) is 42.4 Å². The number of nitrogens with one attached hydrogen (secondary N) is 1. The maximum Gasteiger partial charge on any atom is 0.321 e. The molecule has 0 spiro atoms. The molecule has 0 radical (unpaired) electrons. The van der Waals surface area contributed by atoms with Crippen molar-refractivity contribution in [2.24, 2.45) is 0 Å². The van der Waals surface area contributed by atoms with Crippen LogP contribution in [0.25, 0.3) is 0 Å². The van der Waals surface area contributed by atoms with Gasteiger partial charge < -0.3 is 19.7 Å². The number of ether oxygens (including phenoxy) is 2.